The molecule has 254 valence electrons. The highest BCUT2D eigenvalue weighted by Crippen LogP contribution is 2.52. The molecule has 0 radical (unpaired) electrons. The fourth-order valence-corrected chi connectivity index (χ4v) is 8.96. The van der Waals surface area contributed by atoms with E-state index in [-0.39, 0.29) is 11.8 Å². The molecule has 0 aromatic rings. The number of aliphatic carboxylic acids is 1. The average molecular weight is 604 g/mol. The lowest BCUT2D eigenvalue weighted by Gasteiger charge is -2.36. The van der Waals surface area contributed by atoms with Crippen molar-refractivity contribution in [1.29, 1.82) is 0 Å². The number of fused-ring (bicyclic) bond motifs is 1. The summed E-state index contributed by atoms with van der Waals surface area (Å²) < 4.78 is 0. The number of carboxylic acids is 1. The number of carbonyl (C=O) groups is 1. The molecule has 0 amide bonds. The van der Waals surface area contributed by atoms with Crippen LogP contribution in [-0.4, -0.2) is 17.6 Å². The molecule has 0 aromatic heterocycles. The minimum Gasteiger partial charge on any atom is -0.481 e. The monoisotopic (exact) mass is 604 g/mol. The molecule has 2 rings (SSSR count). The number of hydrogen-bond donors (Lipinski definition) is 2. The Bertz CT molecular complexity index is 675. The van der Waals surface area contributed by atoms with Crippen LogP contribution in [0.4, 0.5) is 0 Å². The van der Waals surface area contributed by atoms with E-state index in [1.54, 1.807) is 0 Å². The fourth-order valence-electron chi connectivity index (χ4n) is 8.96. The average Bonchev–Trinajstić information content (AvgIpc) is 3.25. The SMILES string of the molecule is CC1(C)C[C@H]2CCCCCCCCCCCCCCCCCCCCCCCCCCCCC(CN)(CC(=O)O)C[C@H]2C1. The van der Waals surface area contributed by atoms with Gasteiger partial charge in [-0.2, -0.15) is 0 Å². The first-order valence-corrected chi connectivity index (χ1v) is 19.8. The molecule has 43 heavy (non-hydrogen) atoms. The molecule has 2 aliphatic rings. The van der Waals surface area contributed by atoms with Gasteiger partial charge in [-0.1, -0.05) is 187 Å². The summed E-state index contributed by atoms with van der Waals surface area (Å²) in [6.07, 6.45) is 42.6. The fraction of sp³-hybridized carbons (Fsp3) is 0.975. The molecule has 3 atom stereocenters. The first-order chi connectivity index (χ1) is 20.9. The van der Waals surface area contributed by atoms with Crippen molar-refractivity contribution < 1.29 is 9.90 Å². The second kappa shape index (κ2) is 23.7. The molecule has 3 N–H and O–H groups in total. The number of carboxylic acid groups (broad SMARTS) is 1. The maximum Gasteiger partial charge on any atom is 0.303 e. The molecule has 0 saturated heterocycles. The summed E-state index contributed by atoms with van der Waals surface area (Å²) in [5.74, 6) is 0.748. The van der Waals surface area contributed by atoms with Crippen molar-refractivity contribution in [2.45, 2.75) is 219 Å². The summed E-state index contributed by atoms with van der Waals surface area (Å²) in [5.41, 5.74) is 6.62. The second-order valence-corrected chi connectivity index (χ2v) is 16.3. The third-order valence-electron chi connectivity index (χ3n) is 11.5. The minimum absolute atomic E-state index is 0.214. The molecule has 0 aromatic carbocycles. The van der Waals surface area contributed by atoms with Crippen molar-refractivity contribution in [3.05, 3.63) is 0 Å². The zero-order valence-electron chi connectivity index (χ0n) is 29.4. The zero-order valence-corrected chi connectivity index (χ0v) is 29.4. The second-order valence-electron chi connectivity index (χ2n) is 16.3. The lowest BCUT2D eigenvalue weighted by molar-refractivity contribution is -0.140. The van der Waals surface area contributed by atoms with Crippen molar-refractivity contribution in [1.82, 2.24) is 0 Å². The standard InChI is InChI=1S/C40H77NO2/c1-39(2)31-36-29-27-25-23-21-19-17-15-13-11-9-7-5-3-4-6-8-10-12-14-16-18-20-22-24-26-28-30-40(35-41,34-38(42)43)33-37(36)32-39/h36-37H,3-35,41H2,1-2H3,(H,42,43)/t36-,37-,40?/m1/s1. The number of nitrogens with two attached hydrogens (primary N) is 1. The van der Waals surface area contributed by atoms with Crippen LogP contribution < -0.4 is 5.73 Å². The van der Waals surface area contributed by atoms with Crippen molar-refractivity contribution in [2.24, 2.45) is 28.4 Å². The molecule has 2 aliphatic carbocycles. The number of rotatable bonds is 3. The Balaban J connectivity index is 1.84. The van der Waals surface area contributed by atoms with Gasteiger partial charge in [0.05, 0.1) is 6.42 Å². The van der Waals surface area contributed by atoms with Crippen LogP contribution in [0.2, 0.25) is 0 Å². The van der Waals surface area contributed by atoms with Crippen molar-refractivity contribution in [3.8, 4) is 0 Å². The predicted molar refractivity (Wildman–Crippen MR) is 188 cm³/mol. The lowest BCUT2D eigenvalue weighted by Crippen LogP contribution is -2.36. The molecule has 3 nitrogen and oxygen atoms in total. The molecule has 2 saturated carbocycles. The topological polar surface area (TPSA) is 63.3 Å². The van der Waals surface area contributed by atoms with Crippen LogP contribution in [0, 0.1) is 22.7 Å². The molecule has 0 heterocycles. The first-order valence-electron chi connectivity index (χ1n) is 19.8. The van der Waals surface area contributed by atoms with Gasteiger partial charge in [-0.3, -0.25) is 4.79 Å². The van der Waals surface area contributed by atoms with Gasteiger partial charge in [0.1, 0.15) is 0 Å². The third-order valence-corrected chi connectivity index (χ3v) is 11.5. The van der Waals surface area contributed by atoms with E-state index in [1.165, 1.54) is 180 Å². The molecule has 2 fully saturated rings. The Hall–Kier alpha value is -0.570. The molecule has 0 spiro atoms. The summed E-state index contributed by atoms with van der Waals surface area (Å²) in [5, 5.41) is 9.89. The van der Waals surface area contributed by atoms with Crippen LogP contribution in [0.15, 0.2) is 0 Å². The van der Waals surface area contributed by atoms with Crippen molar-refractivity contribution >= 4 is 5.97 Å². The van der Waals surface area contributed by atoms with Crippen LogP contribution in [0.5, 0.6) is 0 Å². The Kier molecular flexibility index (Phi) is 21.3. The van der Waals surface area contributed by atoms with Gasteiger partial charge >= 0.3 is 5.97 Å². The van der Waals surface area contributed by atoms with Gasteiger partial charge in [-0.25, -0.2) is 0 Å². The van der Waals surface area contributed by atoms with Gasteiger partial charge in [-0.05, 0) is 54.9 Å². The highest BCUT2D eigenvalue weighted by atomic mass is 16.4. The Morgan fingerprint density at radius 2 is 0.860 bits per heavy atom. The van der Waals surface area contributed by atoms with Crippen molar-refractivity contribution in [2.75, 3.05) is 6.54 Å². The van der Waals surface area contributed by atoms with Crippen LogP contribution >= 0.6 is 0 Å². The van der Waals surface area contributed by atoms with Gasteiger partial charge in [-0.15, -0.1) is 0 Å². The van der Waals surface area contributed by atoms with E-state index in [2.05, 4.69) is 13.8 Å². The highest BCUT2D eigenvalue weighted by Gasteiger charge is 2.43. The summed E-state index contributed by atoms with van der Waals surface area (Å²) in [7, 11) is 0. The molecule has 0 bridgehead atoms. The van der Waals surface area contributed by atoms with Gasteiger partial charge in [0.2, 0.25) is 0 Å². The largest absolute Gasteiger partial charge is 0.481 e. The normalized spacial score (nSPS) is 30.3. The summed E-state index contributed by atoms with van der Waals surface area (Å²) >= 11 is 0. The van der Waals surface area contributed by atoms with E-state index >= 15 is 0 Å². The van der Waals surface area contributed by atoms with E-state index in [9.17, 15) is 9.90 Å². The molecule has 0 aliphatic heterocycles. The molecular weight excluding hydrogens is 526 g/mol. The van der Waals surface area contributed by atoms with Crippen molar-refractivity contribution in [3.63, 3.8) is 0 Å². The van der Waals surface area contributed by atoms with Crippen LogP contribution in [0.25, 0.3) is 0 Å². The maximum atomic E-state index is 12.0. The van der Waals surface area contributed by atoms with E-state index in [4.69, 9.17) is 5.73 Å². The minimum atomic E-state index is -0.650. The maximum absolute atomic E-state index is 12.0. The lowest BCUT2D eigenvalue weighted by atomic mass is 9.70. The predicted octanol–water partition coefficient (Wildman–Crippen LogP) is 12.8. The zero-order chi connectivity index (χ0) is 31.1. The molecule has 1 unspecified atom stereocenters. The summed E-state index contributed by atoms with van der Waals surface area (Å²) in [6.45, 7) is 5.42. The Morgan fingerprint density at radius 1 is 0.535 bits per heavy atom. The van der Waals surface area contributed by atoms with Crippen LogP contribution in [0.1, 0.15) is 219 Å². The van der Waals surface area contributed by atoms with Gasteiger partial charge in [0.15, 0.2) is 0 Å². The highest BCUT2D eigenvalue weighted by molar-refractivity contribution is 5.67. The molecular formula is C40H77NO2. The Labute approximate surface area is 269 Å². The number of hydrogen-bond acceptors (Lipinski definition) is 2. The molecule has 3 heteroatoms. The van der Waals surface area contributed by atoms with E-state index in [0.29, 0.717) is 17.9 Å². The Morgan fingerprint density at radius 3 is 1.21 bits per heavy atom. The van der Waals surface area contributed by atoms with Gasteiger partial charge in [0.25, 0.3) is 0 Å². The summed E-state index contributed by atoms with van der Waals surface area (Å²) in [4.78, 5) is 12.0. The summed E-state index contributed by atoms with van der Waals surface area (Å²) in [6, 6.07) is 0. The van der Waals surface area contributed by atoms with Crippen LogP contribution in [0.3, 0.4) is 0 Å². The third kappa shape index (κ3) is 18.9. The quantitative estimate of drug-likeness (QED) is 0.337. The van der Waals surface area contributed by atoms with Gasteiger partial charge < -0.3 is 10.8 Å². The van der Waals surface area contributed by atoms with E-state index < -0.39 is 5.97 Å². The smallest absolute Gasteiger partial charge is 0.303 e. The van der Waals surface area contributed by atoms with E-state index in [1.807, 2.05) is 0 Å². The first kappa shape index (κ1) is 38.6. The van der Waals surface area contributed by atoms with Gasteiger partial charge in [0, 0.05) is 0 Å². The van der Waals surface area contributed by atoms with Crippen LogP contribution in [-0.2, 0) is 4.79 Å². The van der Waals surface area contributed by atoms with E-state index in [0.717, 1.165) is 25.2 Å².